The minimum atomic E-state index is -0.487. The largest absolute Gasteiger partial charge is 0.331 e. The van der Waals surface area contributed by atoms with Crippen molar-refractivity contribution in [2.45, 2.75) is 0 Å². The van der Waals surface area contributed by atoms with Crippen molar-refractivity contribution in [2.24, 2.45) is 0 Å². The van der Waals surface area contributed by atoms with Gasteiger partial charge in [-0.05, 0) is 36.5 Å². The first-order valence-electron chi connectivity index (χ1n) is 5.67. The molecule has 1 N–H and O–H groups in total. The van der Waals surface area contributed by atoms with Crippen molar-refractivity contribution in [3.63, 3.8) is 0 Å². The van der Waals surface area contributed by atoms with E-state index in [1.54, 1.807) is 36.4 Å². The summed E-state index contributed by atoms with van der Waals surface area (Å²) >= 11 is 5.15. The molecule has 3 rings (SSSR count). The number of aromatic amines is 1. The molecule has 0 aliphatic rings. The van der Waals surface area contributed by atoms with E-state index in [4.69, 9.17) is 12.2 Å². The van der Waals surface area contributed by atoms with E-state index in [1.807, 2.05) is 0 Å². The molecule has 5 heteroatoms. The highest BCUT2D eigenvalue weighted by Gasteiger charge is 2.10. The molecule has 0 fully saturated rings. The Morgan fingerprint density at radius 3 is 2.53 bits per heavy atom. The minimum Gasteiger partial charge on any atom is -0.331 e. The monoisotopic (exact) mass is 272 g/mol. The number of H-pyrrole nitrogens is 1. The third kappa shape index (κ3) is 1.88. The van der Waals surface area contributed by atoms with E-state index in [0.717, 1.165) is 0 Å². The minimum absolute atomic E-state index is 0.152. The number of nitrogens with zero attached hydrogens (tertiary/aromatic N) is 1. The first-order chi connectivity index (χ1) is 9.18. The van der Waals surface area contributed by atoms with Crippen molar-refractivity contribution >= 4 is 23.1 Å². The van der Waals surface area contributed by atoms with Crippen LogP contribution in [-0.4, -0.2) is 9.55 Å². The molecule has 0 amide bonds. The van der Waals surface area contributed by atoms with Crippen molar-refractivity contribution in [1.29, 1.82) is 0 Å². The van der Waals surface area contributed by atoms with E-state index in [2.05, 4.69) is 4.98 Å². The summed E-state index contributed by atoms with van der Waals surface area (Å²) in [7, 11) is 0. The van der Waals surface area contributed by atoms with Gasteiger partial charge in [-0.2, -0.15) is 0 Å². The van der Waals surface area contributed by atoms with Gasteiger partial charge in [0.25, 0.3) is 5.56 Å². The van der Waals surface area contributed by atoms with Crippen LogP contribution in [0.4, 0.5) is 4.39 Å². The smallest absolute Gasteiger partial charge is 0.266 e. The molecule has 0 spiro atoms. The highest BCUT2D eigenvalue weighted by Crippen LogP contribution is 2.13. The van der Waals surface area contributed by atoms with Gasteiger partial charge in [-0.3, -0.25) is 4.79 Å². The Bertz CT molecular complexity index is 882. The lowest BCUT2D eigenvalue weighted by molar-refractivity contribution is 0.615. The van der Waals surface area contributed by atoms with Gasteiger partial charge in [0.05, 0.1) is 16.6 Å². The number of fused-ring (bicyclic) bond motifs is 1. The zero-order valence-corrected chi connectivity index (χ0v) is 10.6. The fourth-order valence-corrected chi connectivity index (χ4v) is 2.31. The van der Waals surface area contributed by atoms with E-state index in [-0.39, 0.29) is 16.0 Å². The molecule has 3 aromatic rings. The average Bonchev–Trinajstić information content (AvgIpc) is 2.41. The molecule has 0 aliphatic heterocycles. The Balaban J connectivity index is 2.47. The molecule has 1 heterocycles. The summed E-state index contributed by atoms with van der Waals surface area (Å²) in [6.45, 7) is 0. The highest BCUT2D eigenvalue weighted by molar-refractivity contribution is 7.71. The molecule has 0 unspecified atom stereocenters. The second-order valence-corrected chi connectivity index (χ2v) is 4.45. The van der Waals surface area contributed by atoms with Gasteiger partial charge in [-0.1, -0.05) is 24.3 Å². The van der Waals surface area contributed by atoms with E-state index < -0.39 is 5.82 Å². The third-order valence-corrected chi connectivity index (χ3v) is 3.18. The molecule has 0 aliphatic carbocycles. The quantitative estimate of drug-likeness (QED) is 0.691. The van der Waals surface area contributed by atoms with Crippen LogP contribution in [0.3, 0.4) is 0 Å². The Morgan fingerprint density at radius 2 is 1.74 bits per heavy atom. The predicted octanol–water partition coefficient (Wildman–Crippen LogP) is 3.19. The maximum Gasteiger partial charge on any atom is 0.266 e. The number of hydrogen-bond acceptors (Lipinski definition) is 2. The van der Waals surface area contributed by atoms with Crippen molar-refractivity contribution < 1.29 is 4.39 Å². The summed E-state index contributed by atoms with van der Waals surface area (Å²) in [5.74, 6) is -0.487. The van der Waals surface area contributed by atoms with Gasteiger partial charge in [0.15, 0.2) is 4.77 Å². The van der Waals surface area contributed by atoms with Crippen LogP contribution in [0.1, 0.15) is 0 Å². The molecule has 0 radical (unpaired) electrons. The molecule has 0 bridgehead atoms. The summed E-state index contributed by atoms with van der Waals surface area (Å²) in [5, 5.41) is 0.472. The Kier molecular flexibility index (Phi) is 2.76. The third-order valence-electron chi connectivity index (χ3n) is 2.90. The van der Waals surface area contributed by atoms with Crippen LogP contribution >= 0.6 is 12.2 Å². The lowest BCUT2D eigenvalue weighted by atomic mass is 10.2. The standard InChI is InChI=1S/C14H9FN2OS/c15-10-6-2-4-8-12(10)17-13(18)9-5-1-3-7-11(9)16-14(17)19/h1-8H,(H,16,19). The van der Waals surface area contributed by atoms with Crippen molar-refractivity contribution in [1.82, 2.24) is 9.55 Å². The van der Waals surface area contributed by atoms with Crippen LogP contribution in [0.25, 0.3) is 16.6 Å². The number of rotatable bonds is 1. The lowest BCUT2D eigenvalue weighted by Gasteiger charge is -2.08. The van der Waals surface area contributed by atoms with Gasteiger partial charge in [0.1, 0.15) is 5.82 Å². The zero-order valence-electron chi connectivity index (χ0n) is 9.76. The molecule has 0 saturated heterocycles. The highest BCUT2D eigenvalue weighted by atomic mass is 32.1. The predicted molar refractivity (Wildman–Crippen MR) is 74.7 cm³/mol. The summed E-state index contributed by atoms with van der Waals surface area (Å²) in [6.07, 6.45) is 0. The Morgan fingerprint density at radius 1 is 1.05 bits per heavy atom. The van der Waals surface area contributed by atoms with Crippen LogP contribution in [0.15, 0.2) is 53.3 Å². The van der Waals surface area contributed by atoms with Crippen LogP contribution < -0.4 is 5.56 Å². The van der Waals surface area contributed by atoms with Gasteiger partial charge < -0.3 is 4.98 Å². The van der Waals surface area contributed by atoms with Gasteiger partial charge in [-0.15, -0.1) is 0 Å². The topological polar surface area (TPSA) is 37.8 Å². The fourth-order valence-electron chi connectivity index (χ4n) is 2.01. The molecule has 94 valence electrons. The molecule has 0 saturated carbocycles. The normalized spacial score (nSPS) is 10.8. The summed E-state index contributed by atoms with van der Waals surface area (Å²) in [6, 6.07) is 13.1. The first kappa shape index (κ1) is 11.8. The van der Waals surface area contributed by atoms with Gasteiger partial charge in [0, 0.05) is 0 Å². The van der Waals surface area contributed by atoms with Crippen molar-refractivity contribution in [3.05, 3.63) is 69.5 Å². The van der Waals surface area contributed by atoms with E-state index in [1.165, 1.54) is 16.7 Å². The molecular formula is C14H9FN2OS. The second kappa shape index (κ2) is 4.44. The van der Waals surface area contributed by atoms with Gasteiger partial charge in [-0.25, -0.2) is 8.96 Å². The van der Waals surface area contributed by atoms with E-state index in [0.29, 0.717) is 10.9 Å². The number of halogens is 1. The SMILES string of the molecule is O=c1c2ccccc2[nH]c(=S)n1-c1ccccc1F. The van der Waals surface area contributed by atoms with Crippen LogP contribution in [-0.2, 0) is 0 Å². The van der Waals surface area contributed by atoms with E-state index >= 15 is 0 Å². The van der Waals surface area contributed by atoms with Crippen LogP contribution in [0.5, 0.6) is 0 Å². The Labute approximate surface area is 113 Å². The molecule has 1 aromatic heterocycles. The molecule has 0 atom stereocenters. The molecule has 19 heavy (non-hydrogen) atoms. The number of para-hydroxylation sites is 2. The first-order valence-corrected chi connectivity index (χ1v) is 6.08. The number of nitrogens with one attached hydrogen (secondary N) is 1. The van der Waals surface area contributed by atoms with Gasteiger partial charge >= 0.3 is 0 Å². The second-order valence-electron chi connectivity index (χ2n) is 4.07. The number of benzene rings is 2. The Hall–Kier alpha value is -2.27. The van der Waals surface area contributed by atoms with Crippen LogP contribution in [0.2, 0.25) is 0 Å². The molecule has 2 aromatic carbocycles. The van der Waals surface area contributed by atoms with Gasteiger partial charge in [0.2, 0.25) is 0 Å². The molecule has 3 nitrogen and oxygen atoms in total. The van der Waals surface area contributed by atoms with Crippen molar-refractivity contribution in [2.75, 3.05) is 0 Å². The summed E-state index contributed by atoms with van der Waals surface area (Å²) < 4.78 is 15.2. The van der Waals surface area contributed by atoms with E-state index in [9.17, 15) is 9.18 Å². The number of hydrogen-bond donors (Lipinski definition) is 1. The van der Waals surface area contributed by atoms with Crippen LogP contribution in [0, 0.1) is 10.6 Å². The maximum atomic E-state index is 13.8. The number of aromatic nitrogens is 2. The summed E-state index contributed by atoms with van der Waals surface area (Å²) in [5.41, 5.74) is 0.467. The summed E-state index contributed by atoms with van der Waals surface area (Å²) in [4.78, 5) is 15.3. The average molecular weight is 272 g/mol. The zero-order chi connectivity index (χ0) is 13.4. The fraction of sp³-hybridized carbons (Fsp3) is 0. The van der Waals surface area contributed by atoms with Crippen molar-refractivity contribution in [3.8, 4) is 5.69 Å². The molecular weight excluding hydrogens is 263 g/mol. The maximum absolute atomic E-state index is 13.8. The lowest BCUT2D eigenvalue weighted by Crippen LogP contribution is -2.21.